The fourth-order valence-electron chi connectivity index (χ4n) is 2.41. The fraction of sp³-hybridized carbons (Fsp3) is 0.150. The number of nitrogens with zero attached hydrogens (tertiary/aromatic N) is 3. The van der Waals surface area contributed by atoms with Crippen LogP contribution in [-0.2, 0) is 11.3 Å². The molecule has 8 nitrogen and oxygen atoms in total. The summed E-state index contributed by atoms with van der Waals surface area (Å²) in [6.45, 7) is 2.40. The number of hydrogen-bond acceptors (Lipinski definition) is 7. The largest absolute Gasteiger partial charge is 0.462 e. The van der Waals surface area contributed by atoms with Crippen LogP contribution in [0.1, 0.15) is 33.5 Å². The van der Waals surface area contributed by atoms with Gasteiger partial charge in [0, 0.05) is 12.4 Å². The Hall–Kier alpha value is -3.81. The first kappa shape index (κ1) is 19.0. The molecule has 0 fully saturated rings. The van der Waals surface area contributed by atoms with E-state index in [2.05, 4.69) is 25.6 Å². The van der Waals surface area contributed by atoms with Gasteiger partial charge in [-0.15, -0.1) is 0 Å². The molecule has 0 aliphatic heterocycles. The third kappa shape index (κ3) is 4.88. The molecule has 3 rings (SSSR count). The second-order valence-electron chi connectivity index (χ2n) is 5.66. The molecule has 28 heavy (non-hydrogen) atoms. The van der Waals surface area contributed by atoms with E-state index >= 15 is 0 Å². The molecule has 0 bridgehead atoms. The highest BCUT2D eigenvalue weighted by atomic mass is 16.5. The van der Waals surface area contributed by atoms with Crippen molar-refractivity contribution < 1.29 is 14.3 Å². The molecule has 2 aromatic heterocycles. The van der Waals surface area contributed by atoms with Crippen LogP contribution in [0.3, 0.4) is 0 Å². The predicted octanol–water partition coefficient (Wildman–Crippen LogP) is 2.91. The number of carbonyl (C=O) groups is 2. The summed E-state index contributed by atoms with van der Waals surface area (Å²) in [5.41, 5.74) is 1.62. The standard InChI is InChI=1S/C20H19N5O3/c1-2-28-19(27)15-8-3-4-9-16(15)24-18(26)17-10-12-22-20(25-17)23-13-14-7-5-6-11-21-14/h3-12H,2,13H2,1H3,(H,24,26)(H,22,23,25). The van der Waals surface area contributed by atoms with Crippen molar-refractivity contribution in [3.63, 3.8) is 0 Å². The molecule has 0 radical (unpaired) electrons. The van der Waals surface area contributed by atoms with Crippen LogP contribution < -0.4 is 10.6 Å². The van der Waals surface area contributed by atoms with Crippen LogP contribution in [0.2, 0.25) is 0 Å². The number of para-hydroxylation sites is 1. The van der Waals surface area contributed by atoms with Gasteiger partial charge in [-0.05, 0) is 37.3 Å². The quantitative estimate of drug-likeness (QED) is 0.610. The molecular weight excluding hydrogens is 358 g/mol. The van der Waals surface area contributed by atoms with Crippen molar-refractivity contribution in [1.82, 2.24) is 15.0 Å². The van der Waals surface area contributed by atoms with Crippen molar-refractivity contribution in [3.8, 4) is 0 Å². The average Bonchev–Trinajstić information content (AvgIpc) is 2.74. The molecule has 142 valence electrons. The van der Waals surface area contributed by atoms with Gasteiger partial charge < -0.3 is 15.4 Å². The minimum atomic E-state index is -0.501. The van der Waals surface area contributed by atoms with Gasteiger partial charge in [0.25, 0.3) is 5.91 Å². The maximum Gasteiger partial charge on any atom is 0.340 e. The van der Waals surface area contributed by atoms with Gasteiger partial charge >= 0.3 is 5.97 Å². The third-order valence-electron chi connectivity index (χ3n) is 3.71. The van der Waals surface area contributed by atoms with Crippen LogP contribution >= 0.6 is 0 Å². The first-order chi connectivity index (χ1) is 13.7. The van der Waals surface area contributed by atoms with E-state index in [4.69, 9.17) is 4.74 Å². The Balaban J connectivity index is 1.71. The highest BCUT2D eigenvalue weighted by Gasteiger charge is 2.16. The lowest BCUT2D eigenvalue weighted by molar-refractivity contribution is 0.0527. The molecule has 1 aromatic carbocycles. The minimum Gasteiger partial charge on any atom is -0.462 e. The van der Waals surface area contributed by atoms with Crippen molar-refractivity contribution in [2.45, 2.75) is 13.5 Å². The zero-order valence-corrected chi connectivity index (χ0v) is 15.3. The summed E-state index contributed by atoms with van der Waals surface area (Å²) in [5, 5.41) is 5.72. The van der Waals surface area contributed by atoms with Crippen LogP contribution in [0.4, 0.5) is 11.6 Å². The molecule has 0 aliphatic rings. The van der Waals surface area contributed by atoms with E-state index in [0.29, 0.717) is 18.2 Å². The summed E-state index contributed by atoms with van der Waals surface area (Å²) < 4.78 is 5.02. The van der Waals surface area contributed by atoms with Crippen LogP contribution in [0.25, 0.3) is 0 Å². The van der Waals surface area contributed by atoms with Crippen molar-refractivity contribution in [1.29, 1.82) is 0 Å². The molecule has 1 amide bonds. The van der Waals surface area contributed by atoms with Gasteiger partial charge in [-0.3, -0.25) is 9.78 Å². The van der Waals surface area contributed by atoms with Crippen molar-refractivity contribution in [2.24, 2.45) is 0 Å². The Kier molecular flexibility index (Phi) is 6.25. The van der Waals surface area contributed by atoms with Crippen LogP contribution in [0.5, 0.6) is 0 Å². The number of pyridine rings is 1. The molecule has 0 unspecified atom stereocenters. The van der Waals surface area contributed by atoms with Gasteiger partial charge in [-0.2, -0.15) is 0 Å². The SMILES string of the molecule is CCOC(=O)c1ccccc1NC(=O)c1ccnc(NCc2ccccn2)n1. The maximum absolute atomic E-state index is 12.6. The van der Waals surface area contributed by atoms with E-state index in [-0.39, 0.29) is 17.9 Å². The zero-order chi connectivity index (χ0) is 19.8. The first-order valence-corrected chi connectivity index (χ1v) is 8.71. The summed E-state index contributed by atoms with van der Waals surface area (Å²) in [7, 11) is 0. The summed E-state index contributed by atoms with van der Waals surface area (Å²) in [6.07, 6.45) is 3.18. The third-order valence-corrected chi connectivity index (χ3v) is 3.71. The van der Waals surface area contributed by atoms with Gasteiger partial charge in [0.1, 0.15) is 5.69 Å². The summed E-state index contributed by atoms with van der Waals surface area (Å²) in [5.74, 6) is -0.657. The number of nitrogens with one attached hydrogen (secondary N) is 2. The predicted molar refractivity (Wildman–Crippen MR) is 104 cm³/mol. The molecule has 0 aliphatic carbocycles. The number of hydrogen-bond donors (Lipinski definition) is 2. The smallest absolute Gasteiger partial charge is 0.340 e. The summed E-state index contributed by atoms with van der Waals surface area (Å²) in [6, 6.07) is 13.7. The van der Waals surface area contributed by atoms with Crippen LogP contribution in [-0.4, -0.2) is 33.4 Å². The monoisotopic (exact) mass is 377 g/mol. The highest BCUT2D eigenvalue weighted by Crippen LogP contribution is 2.17. The Morgan fingerprint density at radius 1 is 1.00 bits per heavy atom. The lowest BCUT2D eigenvalue weighted by atomic mass is 10.1. The maximum atomic E-state index is 12.6. The molecule has 0 atom stereocenters. The van der Waals surface area contributed by atoms with E-state index in [0.717, 1.165) is 5.69 Å². The van der Waals surface area contributed by atoms with E-state index in [1.54, 1.807) is 37.4 Å². The number of aromatic nitrogens is 3. The first-order valence-electron chi connectivity index (χ1n) is 8.71. The van der Waals surface area contributed by atoms with E-state index in [1.165, 1.54) is 12.3 Å². The number of benzene rings is 1. The number of amides is 1. The van der Waals surface area contributed by atoms with Crippen LogP contribution in [0, 0.1) is 0 Å². The molecule has 2 heterocycles. The number of carbonyl (C=O) groups excluding carboxylic acids is 2. The van der Waals surface area contributed by atoms with Gasteiger partial charge in [-0.25, -0.2) is 14.8 Å². The van der Waals surface area contributed by atoms with E-state index in [9.17, 15) is 9.59 Å². The Morgan fingerprint density at radius 2 is 1.82 bits per heavy atom. The van der Waals surface area contributed by atoms with Gasteiger partial charge in [0.15, 0.2) is 0 Å². The van der Waals surface area contributed by atoms with Crippen molar-refractivity contribution in [3.05, 3.63) is 77.9 Å². The molecule has 0 spiro atoms. The Morgan fingerprint density at radius 3 is 2.61 bits per heavy atom. The molecule has 3 aromatic rings. The number of anilines is 2. The van der Waals surface area contributed by atoms with E-state index < -0.39 is 11.9 Å². The van der Waals surface area contributed by atoms with Gasteiger partial charge in [0.05, 0.1) is 30.1 Å². The van der Waals surface area contributed by atoms with Crippen molar-refractivity contribution in [2.75, 3.05) is 17.2 Å². The second-order valence-corrected chi connectivity index (χ2v) is 5.66. The highest BCUT2D eigenvalue weighted by molar-refractivity contribution is 6.07. The lowest BCUT2D eigenvalue weighted by Crippen LogP contribution is -2.18. The number of ether oxygens (including phenoxy) is 1. The minimum absolute atomic E-state index is 0.164. The Bertz CT molecular complexity index is 963. The topological polar surface area (TPSA) is 106 Å². The number of esters is 1. The second kappa shape index (κ2) is 9.22. The van der Waals surface area contributed by atoms with Crippen molar-refractivity contribution >= 4 is 23.5 Å². The number of rotatable bonds is 7. The summed E-state index contributed by atoms with van der Waals surface area (Å²) >= 11 is 0. The molecule has 0 saturated carbocycles. The molecule has 2 N–H and O–H groups in total. The lowest BCUT2D eigenvalue weighted by Gasteiger charge is -2.10. The molecular formula is C20H19N5O3. The average molecular weight is 377 g/mol. The fourth-order valence-corrected chi connectivity index (χ4v) is 2.41. The molecule has 0 saturated heterocycles. The normalized spacial score (nSPS) is 10.2. The Labute approximate surface area is 162 Å². The van der Waals surface area contributed by atoms with Gasteiger partial charge in [-0.1, -0.05) is 18.2 Å². The zero-order valence-electron chi connectivity index (χ0n) is 15.3. The van der Waals surface area contributed by atoms with Crippen LogP contribution in [0.15, 0.2) is 60.9 Å². The molecule has 8 heteroatoms. The summed E-state index contributed by atoms with van der Waals surface area (Å²) in [4.78, 5) is 37.2. The van der Waals surface area contributed by atoms with Gasteiger partial charge in [0.2, 0.25) is 5.95 Å². The van der Waals surface area contributed by atoms with E-state index in [1.807, 2.05) is 18.2 Å².